The first kappa shape index (κ1) is 11.6. The molecule has 0 aromatic heterocycles. The third-order valence-corrected chi connectivity index (χ3v) is 3.56. The van der Waals surface area contributed by atoms with Gasteiger partial charge in [0.15, 0.2) is 0 Å². The van der Waals surface area contributed by atoms with E-state index in [2.05, 4.69) is 16.5 Å². The summed E-state index contributed by atoms with van der Waals surface area (Å²) < 4.78 is 15.5. The van der Waals surface area contributed by atoms with Crippen LogP contribution in [0.25, 0.3) is 0 Å². The van der Waals surface area contributed by atoms with E-state index in [1.165, 1.54) is 0 Å². The van der Waals surface area contributed by atoms with Crippen LogP contribution in [0.1, 0.15) is 40.0 Å². The molecule has 0 aromatic rings. The Hall–Kier alpha value is -0.440. The van der Waals surface area contributed by atoms with Crippen LogP contribution in [0.4, 0.5) is 0 Å². The molecule has 0 aromatic carbocycles. The smallest absolute Gasteiger partial charge is 0.144 e. The highest BCUT2D eigenvalue weighted by Gasteiger charge is 2.18. The number of nitrogens with zero attached hydrogens (tertiary/aromatic N) is 1. The SMILES string of the molecule is CC(C)(C)S(=O)/N=C/[C@H]1CC=CCC1. The lowest BCUT2D eigenvalue weighted by Crippen LogP contribution is -2.20. The molecule has 3 heteroatoms. The van der Waals surface area contributed by atoms with Crippen LogP contribution in [-0.4, -0.2) is 15.2 Å². The Kier molecular flexibility index (Phi) is 4.05. The zero-order valence-corrected chi connectivity index (χ0v) is 10.0. The largest absolute Gasteiger partial charge is 0.234 e. The van der Waals surface area contributed by atoms with Crippen molar-refractivity contribution in [2.75, 3.05) is 0 Å². The Bertz CT molecular complexity index is 263. The first-order valence-electron chi connectivity index (χ1n) is 5.11. The molecule has 0 spiro atoms. The Balaban J connectivity index is 2.47. The lowest BCUT2D eigenvalue weighted by Gasteiger charge is -2.15. The molecule has 0 radical (unpaired) electrons. The molecule has 0 N–H and O–H groups in total. The molecule has 2 nitrogen and oxygen atoms in total. The lowest BCUT2D eigenvalue weighted by atomic mass is 9.96. The van der Waals surface area contributed by atoms with Crippen molar-refractivity contribution in [1.29, 1.82) is 0 Å². The van der Waals surface area contributed by atoms with E-state index in [9.17, 15) is 4.21 Å². The third-order valence-electron chi connectivity index (χ3n) is 2.20. The van der Waals surface area contributed by atoms with E-state index in [0.29, 0.717) is 5.92 Å². The van der Waals surface area contributed by atoms with E-state index < -0.39 is 11.0 Å². The Morgan fingerprint density at radius 2 is 2.14 bits per heavy atom. The van der Waals surface area contributed by atoms with Gasteiger partial charge in [-0.25, -0.2) is 4.21 Å². The zero-order valence-electron chi connectivity index (χ0n) is 9.19. The summed E-state index contributed by atoms with van der Waals surface area (Å²) in [7, 11) is -1.09. The first-order valence-corrected chi connectivity index (χ1v) is 6.22. The molecule has 1 aliphatic carbocycles. The molecular weight excluding hydrogens is 194 g/mol. The van der Waals surface area contributed by atoms with Crippen LogP contribution in [0.5, 0.6) is 0 Å². The zero-order chi connectivity index (χ0) is 10.6. The molecule has 0 aliphatic heterocycles. The van der Waals surface area contributed by atoms with E-state index in [1.54, 1.807) is 0 Å². The summed E-state index contributed by atoms with van der Waals surface area (Å²) in [5.41, 5.74) is 0. The molecule has 0 saturated heterocycles. The van der Waals surface area contributed by atoms with E-state index in [0.717, 1.165) is 19.3 Å². The maximum Gasteiger partial charge on any atom is 0.144 e. The second-order valence-electron chi connectivity index (χ2n) is 4.66. The molecule has 0 fully saturated rings. The molecule has 0 amide bonds. The van der Waals surface area contributed by atoms with Crippen LogP contribution in [-0.2, 0) is 11.0 Å². The summed E-state index contributed by atoms with van der Waals surface area (Å²) in [6, 6.07) is 0. The fourth-order valence-corrected chi connectivity index (χ4v) is 1.85. The van der Waals surface area contributed by atoms with E-state index >= 15 is 0 Å². The number of hydrogen-bond acceptors (Lipinski definition) is 1. The van der Waals surface area contributed by atoms with Crippen LogP contribution in [0.15, 0.2) is 16.5 Å². The van der Waals surface area contributed by atoms with Gasteiger partial charge in [0.1, 0.15) is 11.0 Å². The fourth-order valence-electron chi connectivity index (χ4n) is 1.25. The summed E-state index contributed by atoms with van der Waals surface area (Å²) >= 11 is 0. The monoisotopic (exact) mass is 213 g/mol. The predicted octanol–water partition coefficient (Wildman–Crippen LogP) is 2.88. The van der Waals surface area contributed by atoms with Crippen molar-refractivity contribution in [2.24, 2.45) is 10.3 Å². The van der Waals surface area contributed by atoms with Crippen molar-refractivity contribution in [3.63, 3.8) is 0 Å². The summed E-state index contributed by atoms with van der Waals surface area (Å²) in [5, 5.41) is 0. The second kappa shape index (κ2) is 4.87. The highest BCUT2D eigenvalue weighted by Crippen LogP contribution is 2.17. The molecule has 14 heavy (non-hydrogen) atoms. The van der Waals surface area contributed by atoms with Crippen LogP contribution in [0.2, 0.25) is 0 Å². The number of rotatable bonds is 2. The normalized spacial score (nSPS) is 25.5. The van der Waals surface area contributed by atoms with Gasteiger partial charge in [-0.3, -0.25) is 0 Å². The maximum absolute atomic E-state index is 11.6. The number of hydrogen-bond donors (Lipinski definition) is 0. The highest BCUT2D eigenvalue weighted by molar-refractivity contribution is 7.85. The van der Waals surface area contributed by atoms with Gasteiger partial charge in [-0.1, -0.05) is 12.2 Å². The van der Waals surface area contributed by atoms with E-state index in [4.69, 9.17) is 0 Å². The van der Waals surface area contributed by atoms with Crippen molar-refractivity contribution in [3.8, 4) is 0 Å². The molecule has 1 rings (SSSR count). The van der Waals surface area contributed by atoms with E-state index in [1.807, 2.05) is 27.0 Å². The molecule has 2 atom stereocenters. The molecule has 0 bridgehead atoms. The summed E-state index contributed by atoms with van der Waals surface area (Å²) in [4.78, 5) is 0. The minimum atomic E-state index is -1.09. The van der Waals surface area contributed by atoms with Gasteiger partial charge in [0.25, 0.3) is 0 Å². The van der Waals surface area contributed by atoms with Crippen molar-refractivity contribution < 1.29 is 4.21 Å². The van der Waals surface area contributed by atoms with Gasteiger partial charge in [0, 0.05) is 6.21 Å². The Labute approximate surface area is 89.1 Å². The van der Waals surface area contributed by atoms with Crippen LogP contribution < -0.4 is 0 Å². The highest BCUT2D eigenvalue weighted by atomic mass is 32.2. The second-order valence-corrected chi connectivity index (χ2v) is 6.59. The van der Waals surface area contributed by atoms with Crippen molar-refractivity contribution >= 4 is 17.2 Å². The molecular formula is C11H19NOS. The Morgan fingerprint density at radius 3 is 2.64 bits per heavy atom. The van der Waals surface area contributed by atoms with Gasteiger partial charge >= 0.3 is 0 Å². The minimum Gasteiger partial charge on any atom is -0.234 e. The standard InChI is InChI=1S/C11H19NOS/c1-11(2,3)14(13)12-9-10-7-5-4-6-8-10/h4-5,9-10H,6-8H2,1-3H3/b12-9+/t10-,14?/m0/s1. The average Bonchev–Trinajstić information content (AvgIpc) is 2.14. The third kappa shape index (κ3) is 3.74. The van der Waals surface area contributed by atoms with Crippen LogP contribution in [0, 0.1) is 5.92 Å². The van der Waals surface area contributed by atoms with Gasteiger partial charge < -0.3 is 0 Å². The maximum atomic E-state index is 11.6. The molecule has 80 valence electrons. The van der Waals surface area contributed by atoms with E-state index in [-0.39, 0.29) is 4.75 Å². The number of allylic oxidation sites excluding steroid dienone is 2. The lowest BCUT2D eigenvalue weighted by molar-refractivity contribution is 0.625. The van der Waals surface area contributed by atoms with Gasteiger partial charge in [0.05, 0.1) is 4.75 Å². The topological polar surface area (TPSA) is 29.4 Å². The Morgan fingerprint density at radius 1 is 1.43 bits per heavy atom. The van der Waals surface area contributed by atoms with Crippen molar-refractivity contribution in [1.82, 2.24) is 0 Å². The molecule has 0 saturated carbocycles. The minimum absolute atomic E-state index is 0.235. The van der Waals surface area contributed by atoms with Crippen LogP contribution in [0.3, 0.4) is 0 Å². The quantitative estimate of drug-likeness (QED) is 0.512. The molecule has 1 unspecified atom stereocenters. The van der Waals surface area contributed by atoms with Gasteiger partial charge in [-0.05, 0) is 46.0 Å². The summed E-state index contributed by atoms with van der Waals surface area (Å²) in [6.45, 7) is 5.84. The van der Waals surface area contributed by atoms with Crippen molar-refractivity contribution in [3.05, 3.63) is 12.2 Å². The summed E-state index contributed by atoms with van der Waals surface area (Å²) in [6.07, 6.45) is 9.57. The molecule has 0 heterocycles. The van der Waals surface area contributed by atoms with Gasteiger partial charge in [0.2, 0.25) is 0 Å². The van der Waals surface area contributed by atoms with Gasteiger partial charge in [-0.15, -0.1) is 0 Å². The summed E-state index contributed by atoms with van der Waals surface area (Å²) in [5.74, 6) is 0.492. The predicted molar refractivity (Wildman–Crippen MR) is 62.9 cm³/mol. The fraction of sp³-hybridized carbons (Fsp3) is 0.727. The van der Waals surface area contributed by atoms with Crippen molar-refractivity contribution in [2.45, 2.75) is 44.8 Å². The van der Waals surface area contributed by atoms with Crippen LogP contribution >= 0.6 is 0 Å². The average molecular weight is 213 g/mol. The van der Waals surface area contributed by atoms with Gasteiger partial charge in [-0.2, -0.15) is 4.40 Å². The first-order chi connectivity index (χ1) is 6.50. The molecule has 1 aliphatic rings.